The van der Waals surface area contributed by atoms with Crippen molar-refractivity contribution in [1.82, 2.24) is 0 Å². The van der Waals surface area contributed by atoms with Crippen molar-refractivity contribution in [3.8, 4) is 0 Å². The molecule has 0 aliphatic carbocycles. The number of unbranched alkanes of at least 4 members (excludes halogenated alkanes) is 2. The lowest BCUT2D eigenvalue weighted by Crippen LogP contribution is -2.05. The van der Waals surface area contributed by atoms with Crippen LogP contribution in [-0.4, -0.2) is 40.9 Å². The first-order valence-electron chi connectivity index (χ1n) is 4.06. The van der Waals surface area contributed by atoms with Crippen LogP contribution in [0.5, 0.6) is 0 Å². The quantitative estimate of drug-likeness (QED) is 0.611. The Morgan fingerprint density at radius 3 is 1.23 bits per heavy atom. The van der Waals surface area contributed by atoms with Gasteiger partial charge in [0.2, 0.25) is 0 Å². The average molecular weight is 228 g/mol. The Morgan fingerprint density at radius 2 is 1.00 bits per heavy atom. The van der Waals surface area contributed by atoms with Crippen molar-refractivity contribution in [1.29, 1.82) is 0 Å². The standard InChI is InChI=1S/C7H16O4S2/c1-12(8,9)6-4-3-5-7-13(2,10)11/h3-7H2,1-2H3. The SMILES string of the molecule is CS(=O)(=O)CCCCCS(C)(=O)=O. The van der Waals surface area contributed by atoms with E-state index in [-0.39, 0.29) is 11.5 Å². The van der Waals surface area contributed by atoms with Crippen LogP contribution in [0.1, 0.15) is 19.3 Å². The highest BCUT2D eigenvalue weighted by Gasteiger charge is 2.03. The van der Waals surface area contributed by atoms with Gasteiger partial charge >= 0.3 is 0 Å². The molecule has 0 aliphatic rings. The zero-order chi connectivity index (χ0) is 10.5. The Hall–Kier alpha value is -0.100. The molecule has 4 nitrogen and oxygen atoms in total. The highest BCUT2D eigenvalue weighted by atomic mass is 32.2. The summed E-state index contributed by atoms with van der Waals surface area (Å²) in [5.74, 6) is 0.299. The third kappa shape index (κ3) is 11.9. The van der Waals surface area contributed by atoms with Gasteiger partial charge in [0, 0.05) is 24.0 Å². The molecular formula is C7H16O4S2. The molecule has 0 saturated heterocycles. The van der Waals surface area contributed by atoms with Crippen molar-refractivity contribution in [3.63, 3.8) is 0 Å². The molecule has 0 saturated carbocycles. The summed E-state index contributed by atoms with van der Waals surface area (Å²) in [6.45, 7) is 0. The van der Waals surface area contributed by atoms with Gasteiger partial charge in [0.05, 0.1) is 0 Å². The Morgan fingerprint density at radius 1 is 0.692 bits per heavy atom. The summed E-state index contributed by atoms with van der Waals surface area (Å²) in [7, 11) is -5.78. The van der Waals surface area contributed by atoms with Crippen LogP contribution < -0.4 is 0 Å². The second-order valence-electron chi connectivity index (χ2n) is 3.32. The number of hydrogen-bond donors (Lipinski definition) is 0. The van der Waals surface area contributed by atoms with E-state index >= 15 is 0 Å². The zero-order valence-electron chi connectivity index (χ0n) is 7.99. The fourth-order valence-corrected chi connectivity index (χ4v) is 2.36. The summed E-state index contributed by atoms with van der Waals surface area (Å²) in [5, 5.41) is 0. The maximum Gasteiger partial charge on any atom is 0.147 e. The van der Waals surface area contributed by atoms with E-state index in [1.165, 1.54) is 12.5 Å². The first-order valence-corrected chi connectivity index (χ1v) is 8.18. The topological polar surface area (TPSA) is 68.3 Å². The summed E-state index contributed by atoms with van der Waals surface area (Å²) < 4.78 is 42.7. The van der Waals surface area contributed by atoms with Crippen molar-refractivity contribution >= 4 is 19.7 Å². The first-order chi connectivity index (χ1) is 5.71. The molecule has 0 aromatic carbocycles. The van der Waals surface area contributed by atoms with Crippen LogP contribution in [0.15, 0.2) is 0 Å². The highest BCUT2D eigenvalue weighted by molar-refractivity contribution is 7.90. The smallest absolute Gasteiger partial charge is 0.147 e. The number of rotatable bonds is 6. The Bertz CT molecular complexity index is 292. The molecule has 6 heteroatoms. The van der Waals surface area contributed by atoms with Gasteiger partial charge in [-0.1, -0.05) is 6.42 Å². The molecule has 0 spiro atoms. The number of hydrogen-bond acceptors (Lipinski definition) is 4. The molecule has 0 aliphatic heterocycles. The van der Waals surface area contributed by atoms with Gasteiger partial charge < -0.3 is 0 Å². The lowest BCUT2D eigenvalue weighted by Gasteiger charge is -1.98. The monoisotopic (exact) mass is 228 g/mol. The summed E-state index contributed by atoms with van der Waals surface area (Å²) in [4.78, 5) is 0. The Balaban J connectivity index is 3.50. The molecule has 0 radical (unpaired) electrons. The van der Waals surface area contributed by atoms with E-state index < -0.39 is 19.7 Å². The minimum Gasteiger partial charge on any atom is -0.229 e. The van der Waals surface area contributed by atoms with Gasteiger partial charge in [-0.15, -0.1) is 0 Å². The van der Waals surface area contributed by atoms with E-state index in [0.717, 1.165) is 0 Å². The van der Waals surface area contributed by atoms with Crippen LogP contribution in [-0.2, 0) is 19.7 Å². The maximum atomic E-state index is 10.7. The highest BCUT2D eigenvalue weighted by Crippen LogP contribution is 2.00. The third-order valence-corrected chi connectivity index (χ3v) is 3.59. The molecule has 80 valence electrons. The Labute approximate surface area is 80.2 Å². The van der Waals surface area contributed by atoms with Gasteiger partial charge in [-0.05, 0) is 12.8 Å². The van der Waals surface area contributed by atoms with Gasteiger partial charge in [0.1, 0.15) is 19.7 Å². The molecule has 13 heavy (non-hydrogen) atoms. The molecule has 0 rings (SSSR count). The van der Waals surface area contributed by atoms with E-state index in [4.69, 9.17) is 0 Å². The van der Waals surface area contributed by atoms with Crippen molar-refractivity contribution in [2.75, 3.05) is 24.0 Å². The predicted octanol–water partition coefficient (Wildman–Crippen LogP) is 0.246. The van der Waals surface area contributed by atoms with Gasteiger partial charge in [0.25, 0.3) is 0 Å². The average Bonchev–Trinajstić information content (AvgIpc) is 1.81. The van der Waals surface area contributed by atoms with E-state index in [1.807, 2.05) is 0 Å². The third-order valence-electron chi connectivity index (χ3n) is 1.53. The van der Waals surface area contributed by atoms with Crippen LogP contribution in [0.3, 0.4) is 0 Å². The van der Waals surface area contributed by atoms with Gasteiger partial charge in [-0.3, -0.25) is 0 Å². The largest absolute Gasteiger partial charge is 0.229 e. The van der Waals surface area contributed by atoms with E-state index in [0.29, 0.717) is 19.3 Å². The van der Waals surface area contributed by atoms with E-state index in [1.54, 1.807) is 0 Å². The second kappa shape index (κ2) is 4.95. The predicted molar refractivity (Wildman–Crippen MR) is 53.3 cm³/mol. The van der Waals surface area contributed by atoms with Crippen LogP contribution in [0, 0.1) is 0 Å². The Kier molecular flexibility index (Phi) is 4.91. The lowest BCUT2D eigenvalue weighted by molar-refractivity contribution is 0.593. The van der Waals surface area contributed by atoms with Crippen molar-refractivity contribution in [2.24, 2.45) is 0 Å². The zero-order valence-corrected chi connectivity index (χ0v) is 9.62. The van der Waals surface area contributed by atoms with Crippen LogP contribution in [0.4, 0.5) is 0 Å². The van der Waals surface area contributed by atoms with Crippen molar-refractivity contribution < 1.29 is 16.8 Å². The normalized spacial score (nSPS) is 13.1. The van der Waals surface area contributed by atoms with Gasteiger partial charge in [-0.2, -0.15) is 0 Å². The molecule has 0 aromatic heterocycles. The minimum absolute atomic E-state index is 0.150. The summed E-state index contributed by atoms with van der Waals surface area (Å²) in [6, 6.07) is 0. The maximum absolute atomic E-state index is 10.7. The molecular weight excluding hydrogens is 212 g/mol. The van der Waals surface area contributed by atoms with Gasteiger partial charge in [0.15, 0.2) is 0 Å². The summed E-state index contributed by atoms with van der Waals surface area (Å²) >= 11 is 0. The molecule has 0 aromatic rings. The summed E-state index contributed by atoms with van der Waals surface area (Å²) in [5.41, 5.74) is 0. The second-order valence-corrected chi connectivity index (χ2v) is 7.84. The first kappa shape index (κ1) is 12.9. The molecule has 0 N–H and O–H groups in total. The van der Waals surface area contributed by atoms with Gasteiger partial charge in [-0.25, -0.2) is 16.8 Å². The van der Waals surface area contributed by atoms with Crippen LogP contribution in [0.2, 0.25) is 0 Å². The van der Waals surface area contributed by atoms with E-state index in [2.05, 4.69) is 0 Å². The van der Waals surface area contributed by atoms with Crippen molar-refractivity contribution in [2.45, 2.75) is 19.3 Å². The molecule has 0 fully saturated rings. The molecule has 0 amide bonds. The number of sulfone groups is 2. The van der Waals surface area contributed by atoms with Crippen molar-refractivity contribution in [3.05, 3.63) is 0 Å². The van der Waals surface area contributed by atoms with Crippen LogP contribution >= 0.6 is 0 Å². The lowest BCUT2D eigenvalue weighted by atomic mass is 10.3. The van der Waals surface area contributed by atoms with E-state index in [9.17, 15) is 16.8 Å². The minimum atomic E-state index is -2.89. The molecule has 0 unspecified atom stereocenters. The fourth-order valence-electron chi connectivity index (χ4n) is 0.905. The summed E-state index contributed by atoms with van der Waals surface area (Å²) in [6.07, 6.45) is 4.12. The van der Waals surface area contributed by atoms with Crippen LogP contribution in [0.25, 0.3) is 0 Å². The molecule has 0 bridgehead atoms. The fraction of sp³-hybridized carbons (Fsp3) is 1.00. The molecule has 0 heterocycles. The molecule has 0 atom stereocenters.